The van der Waals surface area contributed by atoms with Crippen molar-refractivity contribution in [2.45, 2.75) is 18.1 Å². The number of nitrogens with zero attached hydrogens (tertiary/aromatic N) is 1. The summed E-state index contributed by atoms with van der Waals surface area (Å²) in [6.07, 6.45) is 1.69. The largest absolute Gasteiger partial charge is 0.330 e. The zero-order valence-electron chi connectivity index (χ0n) is 4.67. The number of rotatable bonds is 3. The molecule has 1 atom stereocenters. The molecule has 0 fully saturated rings. The molecule has 3 heteroatoms. The van der Waals surface area contributed by atoms with Gasteiger partial charge in [-0.25, -0.2) is 0 Å². The molecule has 0 aromatic carbocycles. The Hall–Kier alpha value is -0.200. The van der Waals surface area contributed by atoms with E-state index >= 15 is 0 Å². The second-order valence-electron chi connectivity index (χ2n) is 1.58. The number of nitriles is 1. The third kappa shape index (κ3) is 3.97. The summed E-state index contributed by atoms with van der Waals surface area (Å²) in [6.45, 7) is 0.652. The van der Waals surface area contributed by atoms with Gasteiger partial charge in [0.2, 0.25) is 0 Å². The highest BCUT2D eigenvalue weighted by atomic mass is 32.1. The van der Waals surface area contributed by atoms with E-state index in [4.69, 9.17) is 11.0 Å². The van der Waals surface area contributed by atoms with Crippen LogP contribution in [-0.4, -0.2) is 11.8 Å². The van der Waals surface area contributed by atoms with E-state index in [1.54, 1.807) is 0 Å². The molecule has 0 aliphatic rings. The number of thiol groups is 1. The molecule has 0 heterocycles. The van der Waals surface area contributed by atoms with Crippen molar-refractivity contribution >= 4 is 12.6 Å². The molecule has 1 unspecified atom stereocenters. The SMILES string of the molecule is N#CC(S)CCCN. The summed E-state index contributed by atoms with van der Waals surface area (Å²) in [6, 6.07) is 2.01. The lowest BCUT2D eigenvalue weighted by Crippen LogP contribution is -2.02. The molecule has 0 saturated heterocycles. The fourth-order valence-corrected chi connectivity index (χ4v) is 0.558. The van der Waals surface area contributed by atoms with Gasteiger partial charge in [-0.3, -0.25) is 0 Å². The van der Waals surface area contributed by atoms with Gasteiger partial charge in [-0.15, -0.1) is 0 Å². The van der Waals surface area contributed by atoms with E-state index in [0.29, 0.717) is 6.54 Å². The van der Waals surface area contributed by atoms with Crippen molar-refractivity contribution in [3.8, 4) is 6.07 Å². The summed E-state index contributed by atoms with van der Waals surface area (Å²) >= 11 is 3.95. The Morgan fingerprint density at radius 1 is 1.75 bits per heavy atom. The first-order valence-electron chi connectivity index (χ1n) is 2.59. The molecule has 0 aromatic heterocycles. The van der Waals surface area contributed by atoms with Crippen LogP contribution >= 0.6 is 12.6 Å². The maximum Gasteiger partial charge on any atom is 0.0887 e. The summed E-state index contributed by atoms with van der Waals surface area (Å²) in [5.74, 6) is 0. The maximum atomic E-state index is 8.19. The van der Waals surface area contributed by atoms with Crippen LogP contribution in [0.5, 0.6) is 0 Å². The monoisotopic (exact) mass is 130 g/mol. The van der Waals surface area contributed by atoms with Crippen LogP contribution in [0.2, 0.25) is 0 Å². The quantitative estimate of drug-likeness (QED) is 0.548. The van der Waals surface area contributed by atoms with Gasteiger partial charge in [0, 0.05) is 0 Å². The van der Waals surface area contributed by atoms with E-state index in [2.05, 4.69) is 12.6 Å². The third-order valence-electron chi connectivity index (χ3n) is 0.831. The highest BCUT2D eigenvalue weighted by molar-refractivity contribution is 7.81. The molecule has 0 aliphatic heterocycles. The van der Waals surface area contributed by atoms with Gasteiger partial charge in [0.15, 0.2) is 0 Å². The normalized spacial score (nSPS) is 12.6. The summed E-state index contributed by atoms with van der Waals surface area (Å²) < 4.78 is 0. The van der Waals surface area contributed by atoms with Crippen molar-refractivity contribution in [3.05, 3.63) is 0 Å². The molecule has 0 radical (unpaired) electrons. The molecule has 46 valence electrons. The molecular formula is C5H10N2S. The average Bonchev–Trinajstić information content (AvgIpc) is 1.83. The molecule has 2 N–H and O–H groups in total. The Kier molecular flexibility index (Phi) is 4.82. The van der Waals surface area contributed by atoms with E-state index in [1.165, 1.54) is 0 Å². The van der Waals surface area contributed by atoms with Crippen molar-refractivity contribution in [2.24, 2.45) is 5.73 Å². The minimum absolute atomic E-state index is 0.126. The zero-order valence-corrected chi connectivity index (χ0v) is 5.56. The van der Waals surface area contributed by atoms with Crippen LogP contribution in [0.4, 0.5) is 0 Å². The van der Waals surface area contributed by atoms with E-state index < -0.39 is 0 Å². The Morgan fingerprint density at radius 3 is 2.75 bits per heavy atom. The van der Waals surface area contributed by atoms with Crippen LogP contribution in [0.15, 0.2) is 0 Å². The highest BCUT2D eigenvalue weighted by Gasteiger charge is 1.96. The lowest BCUT2D eigenvalue weighted by atomic mass is 10.2. The van der Waals surface area contributed by atoms with Gasteiger partial charge >= 0.3 is 0 Å². The highest BCUT2D eigenvalue weighted by Crippen LogP contribution is 2.00. The molecule has 0 rings (SSSR count). The zero-order chi connectivity index (χ0) is 6.41. The second kappa shape index (κ2) is 4.95. The maximum absolute atomic E-state index is 8.19. The smallest absolute Gasteiger partial charge is 0.0887 e. The minimum Gasteiger partial charge on any atom is -0.330 e. The number of hydrogen-bond acceptors (Lipinski definition) is 3. The van der Waals surface area contributed by atoms with Gasteiger partial charge in [0.1, 0.15) is 0 Å². The first kappa shape index (κ1) is 7.80. The molecular weight excluding hydrogens is 120 g/mol. The fraction of sp³-hybridized carbons (Fsp3) is 0.800. The predicted molar refractivity (Wildman–Crippen MR) is 36.7 cm³/mol. The lowest BCUT2D eigenvalue weighted by molar-refractivity contribution is 0.775. The Bertz CT molecular complexity index is 86.9. The van der Waals surface area contributed by atoms with Crippen LogP contribution in [0.25, 0.3) is 0 Å². The summed E-state index contributed by atoms with van der Waals surface area (Å²) in [5, 5.41) is 8.07. The Labute approximate surface area is 55.1 Å². The average molecular weight is 130 g/mol. The van der Waals surface area contributed by atoms with E-state index in [1.807, 2.05) is 6.07 Å². The molecule has 2 nitrogen and oxygen atoms in total. The van der Waals surface area contributed by atoms with Gasteiger partial charge in [-0.1, -0.05) is 0 Å². The predicted octanol–water partition coefficient (Wildman–Crippen LogP) is 0.547. The molecule has 0 amide bonds. The van der Waals surface area contributed by atoms with Crippen molar-refractivity contribution in [1.82, 2.24) is 0 Å². The molecule has 0 saturated carbocycles. The van der Waals surface area contributed by atoms with Gasteiger partial charge in [0.25, 0.3) is 0 Å². The lowest BCUT2D eigenvalue weighted by Gasteiger charge is -1.95. The van der Waals surface area contributed by atoms with Gasteiger partial charge in [0.05, 0.1) is 11.3 Å². The van der Waals surface area contributed by atoms with Crippen molar-refractivity contribution in [1.29, 1.82) is 5.26 Å². The van der Waals surface area contributed by atoms with Gasteiger partial charge in [-0.05, 0) is 19.4 Å². The number of hydrogen-bond donors (Lipinski definition) is 2. The van der Waals surface area contributed by atoms with E-state index in [-0.39, 0.29) is 5.25 Å². The second-order valence-corrected chi connectivity index (χ2v) is 2.20. The first-order valence-corrected chi connectivity index (χ1v) is 3.10. The standard InChI is InChI=1S/C5H10N2S/c6-3-1-2-5(8)4-7/h5,8H,1-3,6H2. The van der Waals surface area contributed by atoms with Crippen LogP contribution in [-0.2, 0) is 0 Å². The molecule has 0 spiro atoms. The van der Waals surface area contributed by atoms with E-state index in [0.717, 1.165) is 12.8 Å². The molecule has 0 bridgehead atoms. The topological polar surface area (TPSA) is 49.8 Å². The van der Waals surface area contributed by atoms with Crippen molar-refractivity contribution in [2.75, 3.05) is 6.54 Å². The van der Waals surface area contributed by atoms with Crippen LogP contribution in [0.1, 0.15) is 12.8 Å². The summed E-state index contributed by atoms with van der Waals surface area (Å²) in [4.78, 5) is 0. The van der Waals surface area contributed by atoms with E-state index in [9.17, 15) is 0 Å². The molecule has 8 heavy (non-hydrogen) atoms. The van der Waals surface area contributed by atoms with Gasteiger partial charge < -0.3 is 5.73 Å². The minimum atomic E-state index is -0.126. The molecule has 0 aliphatic carbocycles. The van der Waals surface area contributed by atoms with Crippen LogP contribution < -0.4 is 5.73 Å². The third-order valence-corrected chi connectivity index (χ3v) is 1.20. The van der Waals surface area contributed by atoms with Gasteiger partial charge in [-0.2, -0.15) is 17.9 Å². The number of nitrogens with two attached hydrogens (primary N) is 1. The molecule has 0 aromatic rings. The Morgan fingerprint density at radius 2 is 2.38 bits per heavy atom. The van der Waals surface area contributed by atoms with Crippen LogP contribution in [0.3, 0.4) is 0 Å². The summed E-state index contributed by atoms with van der Waals surface area (Å²) in [7, 11) is 0. The fourth-order valence-electron chi connectivity index (χ4n) is 0.376. The Balaban J connectivity index is 3.02. The van der Waals surface area contributed by atoms with Crippen molar-refractivity contribution in [3.63, 3.8) is 0 Å². The van der Waals surface area contributed by atoms with Crippen molar-refractivity contribution < 1.29 is 0 Å². The van der Waals surface area contributed by atoms with Crippen LogP contribution in [0, 0.1) is 11.3 Å². The first-order chi connectivity index (χ1) is 3.81. The summed E-state index contributed by atoms with van der Waals surface area (Å²) in [5.41, 5.74) is 5.19.